The number of hydrogen-bond acceptors (Lipinski definition) is 11. The summed E-state index contributed by atoms with van der Waals surface area (Å²) in [7, 11) is -31.3. The fraction of sp³-hybridized carbons (Fsp3) is 0.588. The lowest BCUT2D eigenvalue weighted by atomic mass is 10.2. The van der Waals surface area contributed by atoms with Crippen LogP contribution in [0, 0.1) is 0 Å². The van der Waals surface area contributed by atoms with Gasteiger partial charge < -0.3 is 13.7 Å². The zero-order valence-electron chi connectivity index (χ0n) is 22.7. The minimum Gasteiger partial charge on any atom is -0.378 e. The van der Waals surface area contributed by atoms with Crippen LogP contribution < -0.4 is 17.8 Å². The van der Waals surface area contributed by atoms with Crippen LogP contribution in [0.5, 0.6) is 11.5 Å². The molecule has 1 amide bonds. The molecule has 0 fully saturated rings. The number of carbonyl (C=O) groups is 1. The molecule has 0 aliphatic carbocycles. The Morgan fingerprint density at radius 1 is 0.612 bits per heavy atom. The summed E-state index contributed by atoms with van der Waals surface area (Å²) in [5.41, 5.74) is -8.32. The molecule has 32 heteroatoms. The molecule has 0 aromatic heterocycles. The predicted octanol–water partition coefficient (Wildman–Crippen LogP) is 3.33. The van der Waals surface area contributed by atoms with Gasteiger partial charge in [0.15, 0.2) is 0 Å². The van der Waals surface area contributed by atoms with Crippen LogP contribution in [-0.2, 0) is 40.3 Å². The number of amides is 1. The third kappa shape index (κ3) is 7.69. The summed E-state index contributed by atoms with van der Waals surface area (Å²) >= 11 is 0. The normalized spacial score (nSPS) is 15.1. The first-order valence-electron chi connectivity index (χ1n) is 11.1. The van der Waals surface area contributed by atoms with Crippen molar-refractivity contribution in [3.8, 4) is 11.5 Å². The number of alkyl halides is 15. The van der Waals surface area contributed by atoms with Gasteiger partial charge in [0.25, 0.3) is 15.9 Å². The molecular formula is C17H13F15N2O11S4. The molecular weight excluding hydrogens is 821 g/mol. The van der Waals surface area contributed by atoms with E-state index in [4.69, 9.17) is 0 Å². The Morgan fingerprint density at radius 3 is 1.31 bits per heavy atom. The first kappa shape index (κ1) is 44.0. The molecule has 0 saturated heterocycles. The van der Waals surface area contributed by atoms with Crippen LogP contribution in [0.1, 0.15) is 24.2 Å². The van der Waals surface area contributed by atoms with E-state index in [0.717, 1.165) is 6.92 Å². The largest absolute Gasteiger partial charge is 0.512 e. The lowest BCUT2D eigenvalue weighted by Gasteiger charge is -2.31. The zero-order chi connectivity index (χ0) is 39.5. The van der Waals surface area contributed by atoms with E-state index in [1.165, 1.54) is 0 Å². The molecule has 1 aromatic rings. The highest BCUT2D eigenvalue weighted by atomic mass is 32.3. The maximum absolute atomic E-state index is 14.4. The van der Waals surface area contributed by atoms with E-state index in [0.29, 0.717) is 0 Å². The predicted molar refractivity (Wildman–Crippen MR) is 126 cm³/mol. The summed E-state index contributed by atoms with van der Waals surface area (Å²) in [4.78, 5) is 12.1. The molecule has 0 radical (unpaired) electrons. The quantitative estimate of drug-likeness (QED) is 0.194. The van der Waals surface area contributed by atoms with Gasteiger partial charge in [-0.2, -0.15) is 82.7 Å². The maximum Gasteiger partial charge on any atom is 0.512 e. The minimum absolute atomic E-state index is 0.166. The summed E-state index contributed by atoms with van der Waals surface area (Å²) in [6, 6.07) is -1.06. The lowest BCUT2D eigenvalue weighted by Crippen LogP contribution is -2.64. The van der Waals surface area contributed by atoms with Crippen molar-refractivity contribution in [2.45, 2.75) is 52.9 Å². The van der Waals surface area contributed by atoms with E-state index in [9.17, 15) is 104 Å². The smallest absolute Gasteiger partial charge is 0.378 e. The lowest BCUT2D eigenvalue weighted by molar-refractivity contribution is -0.272. The Bertz CT molecular complexity index is 1890. The van der Waals surface area contributed by atoms with Gasteiger partial charge in [-0.15, -0.1) is 0 Å². The van der Waals surface area contributed by atoms with Crippen LogP contribution >= 0.6 is 0 Å². The van der Waals surface area contributed by atoms with Crippen LogP contribution in [0.2, 0.25) is 0 Å². The standard InChI is InChI=1S/C17H13F15N2O11S4/c1-3-33-10(35)7-4-8(44-48(40,41)15(26,27)12(20,21)11(2,18)19)6-9(5-7)45-49(42,43)16(28,29)13(22,23)14(24,25)46(36,37)34-47(38,39)17(30,31)32/h4-6,34H,3H2,1-2H3,(H,33,35). The number of nitrogens with one attached hydrogen (secondary N) is 2. The molecule has 0 saturated carbocycles. The van der Waals surface area contributed by atoms with Crippen LogP contribution in [0.4, 0.5) is 65.9 Å². The van der Waals surface area contributed by atoms with Crippen LogP contribution in [0.15, 0.2) is 18.2 Å². The molecule has 1 rings (SSSR count). The van der Waals surface area contributed by atoms with Crippen molar-refractivity contribution >= 4 is 46.2 Å². The third-order valence-electron chi connectivity index (χ3n) is 5.03. The van der Waals surface area contributed by atoms with Crippen molar-refractivity contribution in [1.29, 1.82) is 0 Å². The van der Waals surface area contributed by atoms with E-state index in [1.54, 1.807) is 5.32 Å². The first-order valence-corrected chi connectivity index (χ1v) is 16.9. The summed E-state index contributed by atoms with van der Waals surface area (Å²) in [5.74, 6) is -26.8. The van der Waals surface area contributed by atoms with E-state index in [-0.39, 0.29) is 12.1 Å². The fourth-order valence-electron chi connectivity index (χ4n) is 2.57. The number of sulfonamides is 2. The van der Waals surface area contributed by atoms with Gasteiger partial charge in [0.05, 0.1) is 0 Å². The molecule has 13 nitrogen and oxygen atoms in total. The topological polar surface area (TPSA) is 196 Å². The average molecular weight is 835 g/mol. The van der Waals surface area contributed by atoms with Gasteiger partial charge >= 0.3 is 69.3 Å². The number of rotatable bonds is 15. The van der Waals surface area contributed by atoms with Gasteiger partial charge in [-0.1, -0.05) is 4.13 Å². The molecule has 1 aromatic carbocycles. The molecule has 2 N–H and O–H groups in total. The molecule has 0 spiro atoms. The molecule has 0 bridgehead atoms. The molecule has 0 heterocycles. The van der Waals surface area contributed by atoms with Gasteiger partial charge in [-0.25, -0.2) is 16.8 Å². The molecule has 49 heavy (non-hydrogen) atoms. The highest BCUT2D eigenvalue weighted by molar-refractivity contribution is 8.05. The van der Waals surface area contributed by atoms with Crippen molar-refractivity contribution in [3.05, 3.63) is 23.8 Å². The minimum atomic E-state index is -8.23. The van der Waals surface area contributed by atoms with E-state index >= 15 is 0 Å². The van der Waals surface area contributed by atoms with E-state index in [2.05, 4.69) is 8.37 Å². The van der Waals surface area contributed by atoms with Crippen molar-refractivity contribution in [2.24, 2.45) is 0 Å². The van der Waals surface area contributed by atoms with Gasteiger partial charge in [-0.3, -0.25) is 4.79 Å². The zero-order valence-corrected chi connectivity index (χ0v) is 26.0. The SMILES string of the molecule is CCNC(=O)c1cc(OS(=O)(=O)C(F)(F)C(F)(F)C(C)(F)F)cc(OS(=O)(=O)C(F)(F)C(F)(F)C(F)(F)S(=O)(=O)NS(=O)(=O)C(F)(F)F)c1. The second-order valence-electron chi connectivity index (χ2n) is 8.75. The van der Waals surface area contributed by atoms with Crippen LogP contribution in [0.25, 0.3) is 0 Å². The van der Waals surface area contributed by atoms with Crippen molar-refractivity contribution < 1.29 is 113 Å². The van der Waals surface area contributed by atoms with Crippen molar-refractivity contribution in [2.75, 3.05) is 6.54 Å². The number of carbonyl (C=O) groups excluding carboxylic acids is 1. The molecule has 286 valence electrons. The Balaban J connectivity index is 3.84. The monoisotopic (exact) mass is 834 g/mol. The van der Waals surface area contributed by atoms with Crippen LogP contribution in [0.3, 0.4) is 0 Å². The molecule has 0 atom stereocenters. The van der Waals surface area contributed by atoms with Crippen molar-refractivity contribution in [1.82, 2.24) is 9.44 Å². The molecule has 0 aliphatic rings. The Labute approximate surface area is 263 Å². The van der Waals surface area contributed by atoms with Gasteiger partial charge in [0, 0.05) is 25.1 Å². The average Bonchev–Trinajstić information content (AvgIpc) is 2.85. The van der Waals surface area contributed by atoms with Crippen LogP contribution in [-0.4, -0.2) is 85.2 Å². The molecule has 0 unspecified atom stereocenters. The van der Waals surface area contributed by atoms with E-state index < -0.39 is 126 Å². The summed E-state index contributed by atoms with van der Waals surface area (Å²) < 4.78 is 302. The molecule has 0 aliphatic heterocycles. The van der Waals surface area contributed by atoms with Gasteiger partial charge in [0.2, 0.25) is 0 Å². The Kier molecular flexibility index (Phi) is 11.4. The van der Waals surface area contributed by atoms with Crippen molar-refractivity contribution in [3.63, 3.8) is 0 Å². The van der Waals surface area contributed by atoms with Gasteiger partial charge in [-0.05, 0) is 19.1 Å². The highest BCUT2D eigenvalue weighted by Crippen LogP contribution is 2.52. The Hall–Kier alpha value is -3.00. The highest BCUT2D eigenvalue weighted by Gasteiger charge is 2.83. The summed E-state index contributed by atoms with van der Waals surface area (Å²) in [5, 5.41) is -20.8. The third-order valence-corrected chi connectivity index (χ3v) is 10.9. The Morgan fingerprint density at radius 2 is 0.980 bits per heavy atom. The first-order chi connectivity index (χ1) is 21.2. The second kappa shape index (κ2) is 12.6. The second-order valence-corrected chi connectivity index (χ2v) is 15.6. The van der Waals surface area contributed by atoms with E-state index in [1.807, 2.05) is 0 Å². The fourth-order valence-corrected chi connectivity index (χ4v) is 6.90. The maximum atomic E-state index is 14.4. The van der Waals surface area contributed by atoms with Gasteiger partial charge in [0.1, 0.15) is 11.5 Å². The number of benzene rings is 1. The number of hydrogen-bond donors (Lipinski definition) is 2. The summed E-state index contributed by atoms with van der Waals surface area (Å²) in [6.07, 6.45) is 0. The number of halogens is 15. The summed E-state index contributed by atoms with van der Waals surface area (Å²) in [6.45, 7) is -0.290.